The Balaban J connectivity index is 1.41. The second-order valence-corrected chi connectivity index (χ2v) is 9.58. The lowest BCUT2D eigenvalue weighted by atomic mass is 10.0. The van der Waals surface area contributed by atoms with Crippen LogP contribution in [0, 0.1) is 12.7 Å². The maximum Gasteiger partial charge on any atom is 0.266 e. The molecule has 35 heavy (non-hydrogen) atoms. The van der Waals surface area contributed by atoms with E-state index in [4.69, 9.17) is 0 Å². The predicted molar refractivity (Wildman–Crippen MR) is 132 cm³/mol. The van der Waals surface area contributed by atoms with Gasteiger partial charge in [0.25, 0.3) is 6.43 Å². The number of nitrogens with zero attached hydrogens (tertiary/aromatic N) is 5. The van der Waals surface area contributed by atoms with Crippen molar-refractivity contribution in [2.45, 2.75) is 58.0 Å². The van der Waals surface area contributed by atoms with Gasteiger partial charge in [-0.2, -0.15) is 0 Å². The van der Waals surface area contributed by atoms with Crippen LogP contribution >= 0.6 is 0 Å². The average molecular weight is 485 g/mol. The topological polar surface area (TPSA) is 57.2 Å². The summed E-state index contributed by atoms with van der Waals surface area (Å²) in [7, 11) is 0. The van der Waals surface area contributed by atoms with Crippen LogP contribution in [0.3, 0.4) is 0 Å². The molecule has 0 aliphatic carbocycles. The number of benzene rings is 1. The molecule has 5 rings (SSSR count). The molecule has 0 bridgehead atoms. The Morgan fingerprint density at radius 2 is 1.83 bits per heavy atom. The first kappa shape index (κ1) is 23.8. The van der Waals surface area contributed by atoms with Gasteiger partial charge in [0.2, 0.25) is 0 Å². The number of anilines is 2. The molecule has 0 amide bonds. The number of pyridine rings is 1. The van der Waals surface area contributed by atoms with Crippen molar-refractivity contribution in [2.75, 3.05) is 36.4 Å². The van der Waals surface area contributed by atoms with Gasteiger partial charge in [-0.1, -0.05) is 24.6 Å². The fraction of sp³-hybridized carbons (Fsp3) is 0.500. The van der Waals surface area contributed by atoms with Crippen LogP contribution in [0.15, 0.2) is 30.5 Å². The first-order valence-electron chi connectivity index (χ1n) is 12.4. The molecule has 0 spiro atoms. The Labute approximate surface area is 203 Å². The summed E-state index contributed by atoms with van der Waals surface area (Å²) in [5.41, 5.74) is 0.263. The molecule has 0 radical (unpaired) electrons. The zero-order valence-corrected chi connectivity index (χ0v) is 20.1. The molecule has 3 aromatic rings. The fourth-order valence-corrected chi connectivity index (χ4v) is 5.31. The van der Waals surface area contributed by atoms with Gasteiger partial charge in [0.15, 0.2) is 0 Å². The van der Waals surface area contributed by atoms with Crippen molar-refractivity contribution in [1.29, 1.82) is 0 Å². The molecule has 1 N–H and O–H groups in total. The number of aromatic nitrogens is 3. The molecule has 2 saturated heterocycles. The summed E-state index contributed by atoms with van der Waals surface area (Å²) in [6.45, 7) is 7.75. The molecule has 1 aromatic carbocycles. The minimum atomic E-state index is -2.87. The third-order valence-corrected chi connectivity index (χ3v) is 7.19. The van der Waals surface area contributed by atoms with Gasteiger partial charge in [-0.05, 0) is 52.3 Å². The van der Waals surface area contributed by atoms with E-state index in [0.717, 1.165) is 36.8 Å². The molecular weight excluding hydrogens is 453 g/mol. The summed E-state index contributed by atoms with van der Waals surface area (Å²) in [6, 6.07) is 6.05. The van der Waals surface area contributed by atoms with Gasteiger partial charge < -0.3 is 10.2 Å². The second kappa shape index (κ2) is 9.97. The van der Waals surface area contributed by atoms with E-state index in [9.17, 15) is 13.2 Å². The third-order valence-electron chi connectivity index (χ3n) is 7.19. The minimum Gasteiger partial charge on any atom is -0.363 e. The minimum absolute atomic E-state index is 0.172. The first-order chi connectivity index (χ1) is 16.9. The highest BCUT2D eigenvalue weighted by Gasteiger charge is 2.29. The molecule has 9 heteroatoms. The van der Waals surface area contributed by atoms with E-state index in [0.29, 0.717) is 23.2 Å². The summed E-state index contributed by atoms with van der Waals surface area (Å²) in [4.78, 5) is 18.7. The maximum atomic E-state index is 14.8. The number of nitrogens with one attached hydrogen (secondary N) is 1. The van der Waals surface area contributed by atoms with Crippen molar-refractivity contribution in [3.8, 4) is 0 Å². The molecule has 0 saturated carbocycles. The van der Waals surface area contributed by atoms with E-state index < -0.39 is 23.8 Å². The van der Waals surface area contributed by atoms with Gasteiger partial charge in [-0.15, -0.1) is 0 Å². The van der Waals surface area contributed by atoms with Crippen molar-refractivity contribution >= 4 is 22.5 Å². The Morgan fingerprint density at radius 3 is 2.60 bits per heavy atom. The second-order valence-electron chi connectivity index (χ2n) is 9.58. The van der Waals surface area contributed by atoms with Gasteiger partial charge in [0.1, 0.15) is 23.3 Å². The molecule has 2 aromatic heterocycles. The molecule has 6 nitrogen and oxygen atoms in total. The molecule has 4 heterocycles. The van der Waals surface area contributed by atoms with Crippen molar-refractivity contribution in [3.63, 3.8) is 0 Å². The Kier molecular flexibility index (Phi) is 6.77. The number of halogens is 3. The summed E-state index contributed by atoms with van der Waals surface area (Å²) in [6.07, 6.45) is 3.87. The van der Waals surface area contributed by atoms with Crippen LogP contribution in [0.4, 0.5) is 24.8 Å². The molecular formula is C26H31F3N6. The highest BCUT2D eigenvalue weighted by atomic mass is 19.3. The number of rotatable bonds is 6. The maximum absolute atomic E-state index is 14.8. The van der Waals surface area contributed by atoms with Crippen LogP contribution < -0.4 is 10.2 Å². The Bertz CT molecular complexity index is 1200. The van der Waals surface area contributed by atoms with Crippen LogP contribution in [0.5, 0.6) is 0 Å². The summed E-state index contributed by atoms with van der Waals surface area (Å²) in [5.74, 6) is 1.07. The smallest absolute Gasteiger partial charge is 0.266 e. The van der Waals surface area contributed by atoms with Crippen LogP contribution in [0.1, 0.15) is 62.0 Å². The lowest BCUT2D eigenvalue weighted by Crippen LogP contribution is -2.40. The summed E-state index contributed by atoms with van der Waals surface area (Å²) >= 11 is 0. The van der Waals surface area contributed by atoms with E-state index in [1.807, 2.05) is 6.07 Å². The van der Waals surface area contributed by atoms with E-state index in [1.54, 1.807) is 20.0 Å². The zero-order valence-electron chi connectivity index (χ0n) is 20.1. The number of piperidine rings is 1. The number of aryl methyl sites for hydroxylation is 1. The molecule has 186 valence electrons. The number of hydrogen-bond acceptors (Lipinski definition) is 6. The predicted octanol–water partition coefficient (Wildman–Crippen LogP) is 5.65. The quantitative estimate of drug-likeness (QED) is 0.488. The first-order valence-corrected chi connectivity index (χ1v) is 12.4. The lowest BCUT2D eigenvalue weighted by Gasteiger charge is -2.32. The Morgan fingerprint density at radius 1 is 1.06 bits per heavy atom. The average Bonchev–Trinajstić information content (AvgIpc) is 3.34. The standard InChI is InChI=1S/C26H31F3N6/c1-16(19-7-6-8-20(24(19)27)25(28)29)31-26-21-13-23(30-14-22(21)32-17(2)33-26)35-12-9-18(15-35)34-10-4-3-5-11-34/h6-8,13-14,16,18,25H,3-5,9-12,15H2,1-2H3,(H,31,32,33)/t16-,18?/m1/s1. The largest absolute Gasteiger partial charge is 0.363 e. The third kappa shape index (κ3) is 4.91. The zero-order chi connectivity index (χ0) is 24.5. The van der Waals surface area contributed by atoms with Crippen LogP contribution in [0.2, 0.25) is 0 Å². The molecule has 1 unspecified atom stereocenters. The summed E-state index contributed by atoms with van der Waals surface area (Å²) < 4.78 is 41.2. The highest BCUT2D eigenvalue weighted by molar-refractivity contribution is 5.90. The molecule has 2 fully saturated rings. The van der Waals surface area contributed by atoms with Crippen LogP contribution in [-0.2, 0) is 0 Å². The highest BCUT2D eigenvalue weighted by Crippen LogP contribution is 2.32. The van der Waals surface area contributed by atoms with Crippen molar-refractivity contribution in [1.82, 2.24) is 19.9 Å². The van der Waals surface area contributed by atoms with E-state index in [-0.39, 0.29) is 5.56 Å². The lowest BCUT2D eigenvalue weighted by molar-refractivity contribution is 0.146. The molecule has 2 aliphatic rings. The van der Waals surface area contributed by atoms with E-state index in [2.05, 4.69) is 30.1 Å². The van der Waals surface area contributed by atoms with Crippen LogP contribution in [-0.4, -0.2) is 52.1 Å². The van der Waals surface area contributed by atoms with Crippen molar-refractivity contribution < 1.29 is 13.2 Å². The number of hydrogen-bond donors (Lipinski definition) is 1. The van der Waals surface area contributed by atoms with Crippen molar-refractivity contribution in [2.24, 2.45) is 0 Å². The van der Waals surface area contributed by atoms with Gasteiger partial charge >= 0.3 is 0 Å². The summed E-state index contributed by atoms with van der Waals surface area (Å²) in [5, 5.41) is 4.01. The van der Waals surface area contributed by atoms with E-state index in [1.165, 1.54) is 44.5 Å². The fourth-order valence-electron chi connectivity index (χ4n) is 5.31. The number of fused-ring (bicyclic) bond motifs is 1. The van der Waals surface area contributed by atoms with Crippen LogP contribution in [0.25, 0.3) is 10.9 Å². The van der Waals surface area contributed by atoms with Gasteiger partial charge in [-0.25, -0.2) is 28.1 Å². The molecule has 2 aliphatic heterocycles. The molecule has 2 atom stereocenters. The monoisotopic (exact) mass is 484 g/mol. The normalized spacial score (nSPS) is 20.1. The van der Waals surface area contributed by atoms with E-state index >= 15 is 0 Å². The van der Waals surface area contributed by atoms with Crippen molar-refractivity contribution in [3.05, 3.63) is 53.2 Å². The Hall–Kier alpha value is -2.94. The SMILES string of the molecule is Cc1nc(N[C@H](C)c2cccc(C(F)F)c2F)c2cc(N3CCC(N4CCCCC4)C3)ncc2n1. The number of alkyl halides is 2. The van der Waals surface area contributed by atoms with Gasteiger partial charge in [0.05, 0.1) is 23.3 Å². The number of likely N-dealkylation sites (tertiary alicyclic amines) is 1. The van der Waals surface area contributed by atoms with Gasteiger partial charge in [0, 0.05) is 30.1 Å². The van der Waals surface area contributed by atoms with Gasteiger partial charge in [-0.3, -0.25) is 4.90 Å².